The molecule has 4 nitrogen and oxygen atoms in total. The van der Waals surface area contributed by atoms with Crippen molar-refractivity contribution in [2.45, 2.75) is 25.4 Å². The van der Waals surface area contributed by atoms with E-state index < -0.39 is 17.6 Å². The average Bonchev–Trinajstić information content (AvgIpc) is 2.77. The Morgan fingerprint density at radius 2 is 1.47 bits per heavy atom. The van der Waals surface area contributed by atoms with Crippen molar-refractivity contribution in [3.63, 3.8) is 0 Å². The molecule has 0 saturated carbocycles. The van der Waals surface area contributed by atoms with Crippen LogP contribution in [-0.4, -0.2) is 29.8 Å². The summed E-state index contributed by atoms with van der Waals surface area (Å²) in [7, 11) is 0. The molecule has 1 aliphatic heterocycles. The Hall–Kier alpha value is -2.61. The summed E-state index contributed by atoms with van der Waals surface area (Å²) in [6.45, 7) is 1.18. The largest absolute Gasteiger partial charge is 0.416 e. The Labute approximate surface area is 180 Å². The zero-order valence-electron chi connectivity index (χ0n) is 16.0. The van der Waals surface area contributed by atoms with Crippen LogP contribution in [0.15, 0.2) is 60.3 Å². The number of alkyl halides is 3. The monoisotopic (exact) mass is 480 g/mol. The van der Waals surface area contributed by atoms with E-state index in [1.54, 1.807) is 29.2 Å². The molecule has 1 N–H and O–H groups in total. The highest BCUT2D eigenvalue weighted by Gasteiger charge is 2.30. The Kier molecular flexibility index (Phi) is 6.97. The molecule has 3 rings (SSSR count). The lowest BCUT2D eigenvalue weighted by Crippen LogP contribution is -2.41. The summed E-state index contributed by atoms with van der Waals surface area (Å²) in [5.41, 5.74) is -0.0523. The SMILES string of the molecule is O=C(N/C(C(=O)N1CCCCC1)=C(/Br)c1ccccc1)c1ccc(C(F)(F)F)cc1. The van der Waals surface area contributed by atoms with Gasteiger partial charge in [-0.15, -0.1) is 0 Å². The van der Waals surface area contributed by atoms with E-state index in [4.69, 9.17) is 0 Å². The van der Waals surface area contributed by atoms with Crippen LogP contribution in [0.25, 0.3) is 4.48 Å². The van der Waals surface area contributed by atoms with Crippen molar-refractivity contribution in [2.75, 3.05) is 13.1 Å². The van der Waals surface area contributed by atoms with Crippen molar-refractivity contribution in [1.29, 1.82) is 0 Å². The number of piperidine rings is 1. The summed E-state index contributed by atoms with van der Waals surface area (Å²) in [6, 6.07) is 12.9. The second-order valence-corrected chi connectivity index (χ2v) is 7.73. The van der Waals surface area contributed by atoms with Crippen LogP contribution in [0.2, 0.25) is 0 Å². The Morgan fingerprint density at radius 3 is 2.03 bits per heavy atom. The first-order valence-corrected chi connectivity index (χ1v) is 10.3. The minimum atomic E-state index is -4.49. The maximum atomic E-state index is 13.1. The van der Waals surface area contributed by atoms with Crippen molar-refractivity contribution in [2.24, 2.45) is 0 Å². The Morgan fingerprint density at radius 1 is 0.867 bits per heavy atom. The number of hydrogen-bond acceptors (Lipinski definition) is 2. The second-order valence-electron chi connectivity index (χ2n) is 6.94. The van der Waals surface area contributed by atoms with Crippen LogP contribution < -0.4 is 5.32 Å². The molecule has 2 amide bonds. The zero-order chi connectivity index (χ0) is 21.7. The lowest BCUT2D eigenvalue weighted by Gasteiger charge is -2.28. The van der Waals surface area contributed by atoms with Crippen molar-refractivity contribution in [1.82, 2.24) is 10.2 Å². The normalized spacial score (nSPS) is 15.4. The first-order valence-electron chi connectivity index (χ1n) is 9.50. The van der Waals surface area contributed by atoms with Crippen LogP contribution in [0.3, 0.4) is 0 Å². The van der Waals surface area contributed by atoms with Gasteiger partial charge in [-0.3, -0.25) is 9.59 Å². The van der Waals surface area contributed by atoms with Crippen molar-refractivity contribution in [3.8, 4) is 0 Å². The number of nitrogens with one attached hydrogen (secondary N) is 1. The molecular formula is C22H20BrF3N2O2. The third kappa shape index (κ3) is 5.30. The maximum Gasteiger partial charge on any atom is 0.416 e. The standard InChI is InChI=1S/C22H20BrF3N2O2/c23-18(15-7-3-1-4-8-15)19(21(30)28-13-5-2-6-14-28)27-20(29)16-9-11-17(12-10-16)22(24,25)26/h1,3-4,7-12H,2,5-6,13-14H2,(H,27,29)/b19-18+. The van der Waals surface area contributed by atoms with Gasteiger partial charge in [-0.1, -0.05) is 30.3 Å². The molecule has 8 heteroatoms. The number of carbonyl (C=O) groups is 2. The molecule has 158 valence electrons. The molecule has 1 fully saturated rings. The molecule has 0 unspecified atom stereocenters. The van der Waals surface area contributed by atoms with E-state index in [-0.39, 0.29) is 17.2 Å². The minimum absolute atomic E-state index is 0.0281. The smallest absolute Gasteiger partial charge is 0.337 e. The number of likely N-dealkylation sites (tertiary alicyclic amines) is 1. The van der Waals surface area contributed by atoms with E-state index in [0.717, 1.165) is 43.5 Å². The highest BCUT2D eigenvalue weighted by Crippen LogP contribution is 2.29. The second kappa shape index (κ2) is 9.47. The van der Waals surface area contributed by atoms with Crippen LogP contribution in [0, 0.1) is 0 Å². The van der Waals surface area contributed by atoms with Crippen LogP contribution >= 0.6 is 15.9 Å². The molecule has 1 heterocycles. The van der Waals surface area contributed by atoms with Crippen LogP contribution in [0.1, 0.15) is 40.7 Å². The molecule has 0 radical (unpaired) electrons. The fraction of sp³-hybridized carbons (Fsp3) is 0.273. The third-order valence-electron chi connectivity index (χ3n) is 4.82. The summed E-state index contributed by atoms with van der Waals surface area (Å²) in [4.78, 5) is 27.5. The van der Waals surface area contributed by atoms with E-state index in [2.05, 4.69) is 21.2 Å². The number of hydrogen-bond donors (Lipinski definition) is 1. The first kappa shape index (κ1) is 22.1. The molecule has 1 aliphatic rings. The van der Waals surface area contributed by atoms with Gasteiger partial charge in [0.1, 0.15) is 5.70 Å². The minimum Gasteiger partial charge on any atom is -0.337 e. The summed E-state index contributed by atoms with van der Waals surface area (Å²) in [6.07, 6.45) is -1.68. The molecule has 0 aromatic heterocycles. The fourth-order valence-corrected chi connectivity index (χ4v) is 3.72. The van der Waals surface area contributed by atoms with E-state index in [1.807, 2.05) is 6.07 Å². The van der Waals surface area contributed by atoms with Gasteiger partial charge in [-0.05, 0) is 65.0 Å². The predicted octanol–water partition coefficient (Wildman–Crippen LogP) is 5.21. The van der Waals surface area contributed by atoms with Gasteiger partial charge in [0.05, 0.1) is 10.0 Å². The lowest BCUT2D eigenvalue weighted by atomic mass is 10.1. The molecule has 2 aromatic rings. The van der Waals surface area contributed by atoms with Gasteiger partial charge >= 0.3 is 6.18 Å². The highest BCUT2D eigenvalue weighted by atomic mass is 79.9. The lowest BCUT2D eigenvalue weighted by molar-refractivity contribution is -0.137. The summed E-state index contributed by atoms with van der Waals surface area (Å²) >= 11 is 3.43. The summed E-state index contributed by atoms with van der Waals surface area (Å²) in [5, 5.41) is 2.61. The summed E-state index contributed by atoms with van der Waals surface area (Å²) in [5.74, 6) is -0.984. The van der Waals surface area contributed by atoms with Crippen molar-refractivity contribution < 1.29 is 22.8 Å². The van der Waals surface area contributed by atoms with Crippen LogP contribution in [-0.2, 0) is 11.0 Å². The number of nitrogens with zero attached hydrogens (tertiary/aromatic N) is 1. The molecule has 0 bridgehead atoms. The summed E-state index contributed by atoms with van der Waals surface area (Å²) < 4.78 is 38.7. The molecule has 0 aliphatic carbocycles. The third-order valence-corrected chi connectivity index (χ3v) is 5.67. The van der Waals surface area contributed by atoms with Gasteiger partial charge in [0.15, 0.2) is 0 Å². The van der Waals surface area contributed by atoms with Gasteiger partial charge in [-0.2, -0.15) is 13.2 Å². The first-order chi connectivity index (χ1) is 14.3. The molecule has 0 spiro atoms. The van der Waals surface area contributed by atoms with Gasteiger partial charge < -0.3 is 10.2 Å². The van der Waals surface area contributed by atoms with Gasteiger partial charge in [0.25, 0.3) is 11.8 Å². The van der Waals surface area contributed by atoms with Crippen LogP contribution in [0.4, 0.5) is 13.2 Å². The Balaban J connectivity index is 1.90. The van der Waals surface area contributed by atoms with E-state index in [9.17, 15) is 22.8 Å². The average molecular weight is 481 g/mol. The van der Waals surface area contributed by atoms with E-state index in [0.29, 0.717) is 23.1 Å². The molecular weight excluding hydrogens is 461 g/mol. The Bertz CT molecular complexity index is 935. The van der Waals surface area contributed by atoms with Gasteiger partial charge in [0.2, 0.25) is 0 Å². The van der Waals surface area contributed by atoms with Gasteiger partial charge in [0, 0.05) is 18.7 Å². The number of benzene rings is 2. The highest BCUT2D eigenvalue weighted by molar-refractivity contribution is 9.15. The number of rotatable bonds is 4. The van der Waals surface area contributed by atoms with E-state index >= 15 is 0 Å². The van der Waals surface area contributed by atoms with E-state index in [1.165, 1.54) is 0 Å². The van der Waals surface area contributed by atoms with Crippen molar-refractivity contribution >= 4 is 32.2 Å². The quantitative estimate of drug-likeness (QED) is 0.610. The predicted molar refractivity (Wildman–Crippen MR) is 112 cm³/mol. The van der Waals surface area contributed by atoms with Gasteiger partial charge in [-0.25, -0.2) is 0 Å². The van der Waals surface area contributed by atoms with Crippen LogP contribution in [0.5, 0.6) is 0 Å². The number of carbonyl (C=O) groups excluding carboxylic acids is 2. The maximum absolute atomic E-state index is 13.1. The zero-order valence-corrected chi connectivity index (χ0v) is 17.6. The molecule has 30 heavy (non-hydrogen) atoms. The number of amides is 2. The molecule has 0 atom stereocenters. The fourth-order valence-electron chi connectivity index (χ4n) is 3.18. The van der Waals surface area contributed by atoms with Crippen molar-refractivity contribution in [3.05, 3.63) is 77.0 Å². The molecule has 2 aromatic carbocycles. The molecule has 1 saturated heterocycles. The number of halogens is 4. The topological polar surface area (TPSA) is 49.4 Å².